The molecule has 1 nitrogen and oxygen atoms in total. The van der Waals surface area contributed by atoms with Crippen LogP contribution in [0.1, 0.15) is 6.92 Å². The highest BCUT2D eigenvalue weighted by Crippen LogP contribution is 2.25. The van der Waals surface area contributed by atoms with E-state index in [2.05, 4.69) is 30.0 Å². The molecule has 0 aliphatic heterocycles. The van der Waals surface area contributed by atoms with E-state index in [-0.39, 0.29) is 0 Å². The quantitative estimate of drug-likeness (QED) is 0.760. The van der Waals surface area contributed by atoms with Crippen LogP contribution in [0.4, 0.5) is 11.4 Å². The number of anilines is 2. The smallest absolute Gasteiger partial charge is 0.0411 e. The van der Waals surface area contributed by atoms with E-state index in [1.807, 2.05) is 36.4 Å². The molecule has 1 radical (unpaired) electrons. The van der Waals surface area contributed by atoms with Crippen LogP contribution in [0.3, 0.4) is 0 Å². The van der Waals surface area contributed by atoms with Crippen molar-refractivity contribution in [2.24, 2.45) is 0 Å². The molecule has 81 valence electrons. The fourth-order valence-electron chi connectivity index (χ4n) is 1.69. The van der Waals surface area contributed by atoms with Gasteiger partial charge in [0.05, 0.1) is 0 Å². The van der Waals surface area contributed by atoms with E-state index >= 15 is 0 Å². The summed E-state index contributed by atoms with van der Waals surface area (Å²) >= 11 is 5.88. The van der Waals surface area contributed by atoms with Crippen LogP contribution in [0.2, 0.25) is 5.02 Å². The molecule has 0 unspecified atom stereocenters. The molecule has 16 heavy (non-hydrogen) atoms. The van der Waals surface area contributed by atoms with Crippen LogP contribution in [0.5, 0.6) is 0 Å². The van der Waals surface area contributed by atoms with Crippen molar-refractivity contribution in [3.8, 4) is 0 Å². The summed E-state index contributed by atoms with van der Waals surface area (Å²) in [7, 11) is 0. The molecule has 0 aromatic heterocycles. The zero-order chi connectivity index (χ0) is 11.4. The highest BCUT2D eigenvalue weighted by atomic mass is 35.5. The number of hydrogen-bond donors (Lipinski definition) is 0. The summed E-state index contributed by atoms with van der Waals surface area (Å²) in [6.45, 7) is 3.05. The molecule has 0 aliphatic carbocycles. The van der Waals surface area contributed by atoms with Crippen LogP contribution < -0.4 is 4.90 Å². The van der Waals surface area contributed by atoms with Crippen molar-refractivity contribution in [1.29, 1.82) is 0 Å². The molecule has 0 heterocycles. The lowest BCUT2D eigenvalue weighted by molar-refractivity contribution is 1.02. The number of halogens is 1. The second-order valence-corrected chi connectivity index (χ2v) is 3.92. The molecule has 2 aromatic carbocycles. The van der Waals surface area contributed by atoms with E-state index < -0.39 is 0 Å². The zero-order valence-corrected chi connectivity index (χ0v) is 9.91. The molecule has 0 N–H and O–H groups in total. The maximum absolute atomic E-state index is 5.88. The van der Waals surface area contributed by atoms with Crippen molar-refractivity contribution in [3.63, 3.8) is 0 Å². The van der Waals surface area contributed by atoms with Gasteiger partial charge in [-0.2, -0.15) is 0 Å². The Labute approximate surface area is 101 Å². The van der Waals surface area contributed by atoms with Gasteiger partial charge < -0.3 is 4.90 Å². The first-order valence-electron chi connectivity index (χ1n) is 5.30. The molecular formula is C14H13ClN. The first-order valence-corrected chi connectivity index (χ1v) is 5.68. The molecule has 0 bridgehead atoms. The SMILES string of the molecule is CCN(c1cc[c]cc1)c1ccc(Cl)cc1. The third-order valence-corrected chi connectivity index (χ3v) is 2.72. The Hall–Kier alpha value is -1.47. The van der Waals surface area contributed by atoms with Gasteiger partial charge in [0.25, 0.3) is 0 Å². The Morgan fingerprint density at radius 2 is 1.56 bits per heavy atom. The Morgan fingerprint density at radius 1 is 1.00 bits per heavy atom. The summed E-state index contributed by atoms with van der Waals surface area (Å²) in [6, 6.07) is 18.9. The second-order valence-electron chi connectivity index (χ2n) is 3.48. The van der Waals surface area contributed by atoms with Gasteiger partial charge in [-0.15, -0.1) is 0 Å². The molecule has 2 aromatic rings. The number of nitrogens with zero attached hydrogens (tertiary/aromatic N) is 1. The van der Waals surface area contributed by atoms with Gasteiger partial charge in [0.2, 0.25) is 0 Å². The summed E-state index contributed by atoms with van der Waals surface area (Å²) in [5.74, 6) is 0. The average Bonchev–Trinajstić information content (AvgIpc) is 2.34. The van der Waals surface area contributed by atoms with Crippen molar-refractivity contribution < 1.29 is 0 Å². The normalized spacial score (nSPS) is 10.1. The first kappa shape index (κ1) is 11.0. The molecule has 2 heteroatoms. The fraction of sp³-hybridized carbons (Fsp3) is 0.143. The van der Waals surface area contributed by atoms with Crippen molar-refractivity contribution in [3.05, 3.63) is 59.6 Å². The minimum Gasteiger partial charge on any atom is -0.342 e. The van der Waals surface area contributed by atoms with Crippen LogP contribution in [-0.2, 0) is 0 Å². The predicted octanol–water partition coefficient (Wildman–Crippen LogP) is 4.30. The first-order chi connectivity index (χ1) is 7.81. The van der Waals surface area contributed by atoms with E-state index in [0.717, 1.165) is 17.3 Å². The zero-order valence-electron chi connectivity index (χ0n) is 9.15. The van der Waals surface area contributed by atoms with Crippen LogP contribution in [0, 0.1) is 6.07 Å². The van der Waals surface area contributed by atoms with E-state index in [0.29, 0.717) is 0 Å². The summed E-state index contributed by atoms with van der Waals surface area (Å²) in [5, 5.41) is 0.765. The lowest BCUT2D eigenvalue weighted by Gasteiger charge is -2.23. The summed E-state index contributed by atoms with van der Waals surface area (Å²) < 4.78 is 0. The minimum atomic E-state index is 0.765. The number of rotatable bonds is 3. The third-order valence-electron chi connectivity index (χ3n) is 2.47. The van der Waals surface area contributed by atoms with E-state index in [1.165, 1.54) is 5.69 Å². The van der Waals surface area contributed by atoms with Crippen molar-refractivity contribution in [1.82, 2.24) is 0 Å². The van der Waals surface area contributed by atoms with Crippen molar-refractivity contribution in [2.45, 2.75) is 6.92 Å². The monoisotopic (exact) mass is 230 g/mol. The Bertz CT molecular complexity index is 436. The Balaban J connectivity index is 2.33. The van der Waals surface area contributed by atoms with E-state index in [4.69, 9.17) is 11.6 Å². The summed E-state index contributed by atoms with van der Waals surface area (Å²) in [4.78, 5) is 2.23. The van der Waals surface area contributed by atoms with Gasteiger partial charge in [0, 0.05) is 22.9 Å². The number of hydrogen-bond acceptors (Lipinski definition) is 1. The molecule has 0 aliphatic rings. The second kappa shape index (κ2) is 5.04. The molecule has 0 saturated heterocycles. The van der Waals surface area contributed by atoms with Crippen molar-refractivity contribution >= 4 is 23.0 Å². The number of benzene rings is 2. The van der Waals surface area contributed by atoms with Crippen LogP contribution in [-0.4, -0.2) is 6.54 Å². The highest BCUT2D eigenvalue weighted by Gasteiger charge is 2.05. The van der Waals surface area contributed by atoms with Crippen LogP contribution >= 0.6 is 11.6 Å². The third kappa shape index (κ3) is 2.37. The lowest BCUT2D eigenvalue weighted by Crippen LogP contribution is -2.15. The van der Waals surface area contributed by atoms with Gasteiger partial charge in [0.15, 0.2) is 0 Å². The van der Waals surface area contributed by atoms with Gasteiger partial charge in [-0.05, 0) is 49.4 Å². The van der Waals surface area contributed by atoms with Gasteiger partial charge in [-0.1, -0.05) is 23.7 Å². The largest absolute Gasteiger partial charge is 0.342 e. The summed E-state index contributed by atoms with van der Waals surface area (Å²) in [6.07, 6.45) is 0. The molecule has 2 rings (SSSR count). The molecular weight excluding hydrogens is 218 g/mol. The van der Waals surface area contributed by atoms with Crippen LogP contribution in [0.15, 0.2) is 48.5 Å². The van der Waals surface area contributed by atoms with Crippen LogP contribution in [0.25, 0.3) is 0 Å². The maximum atomic E-state index is 5.88. The fourth-order valence-corrected chi connectivity index (χ4v) is 1.82. The maximum Gasteiger partial charge on any atom is 0.0411 e. The lowest BCUT2D eigenvalue weighted by atomic mass is 10.2. The van der Waals surface area contributed by atoms with E-state index in [1.54, 1.807) is 0 Å². The average molecular weight is 231 g/mol. The highest BCUT2D eigenvalue weighted by molar-refractivity contribution is 6.30. The Kier molecular flexibility index (Phi) is 3.47. The molecule has 0 fully saturated rings. The topological polar surface area (TPSA) is 3.24 Å². The van der Waals surface area contributed by atoms with Gasteiger partial charge in [-0.3, -0.25) is 0 Å². The molecule has 0 spiro atoms. The van der Waals surface area contributed by atoms with Gasteiger partial charge in [0.1, 0.15) is 0 Å². The molecule has 0 saturated carbocycles. The standard InChI is InChI=1S/C14H13ClN/c1-2-16(13-6-4-3-5-7-13)14-10-8-12(15)9-11-14/h4-11H,2H2,1H3. The molecule has 0 atom stereocenters. The Morgan fingerprint density at radius 3 is 2.12 bits per heavy atom. The summed E-state index contributed by atoms with van der Waals surface area (Å²) in [5.41, 5.74) is 2.32. The van der Waals surface area contributed by atoms with E-state index in [9.17, 15) is 0 Å². The predicted molar refractivity (Wildman–Crippen MR) is 69.4 cm³/mol. The minimum absolute atomic E-state index is 0.765. The van der Waals surface area contributed by atoms with Gasteiger partial charge in [-0.25, -0.2) is 0 Å². The van der Waals surface area contributed by atoms with Gasteiger partial charge >= 0.3 is 0 Å². The molecule has 0 amide bonds. The van der Waals surface area contributed by atoms with Crippen molar-refractivity contribution in [2.75, 3.05) is 11.4 Å².